The molecule has 2 aromatic heterocycles. The number of hydrogen-bond acceptors (Lipinski definition) is 7. The Morgan fingerprint density at radius 1 is 0.829 bits per heavy atom. The first-order valence-corrected chi connectivity index (χ1v) is 12.6. The van der Waals surface area contributed by atoms with Gasteiger partial charge in [0.25, 0.3) is 0 Å². The van der Waals surface area contributed by atoms with E-state index in [1.807, 2.05) is 60.7 Å². The first kappa shape index (κ1) is 24.4. The van der Waals surface area contributed by atoms with Crippen molar-refractivity contribution in [3.63, 3.8) is 0 Å². The molecule has 0 radical (unpaired) electrons. The molecule has 8 nitrogen and oxygen atoms in total. The standard InChI is InChI=1S/C26H28N6O2S/c33-23(16-15-20-10-4-1-5-11-20)22-19-32(31-28-22)17-9-3-8-14-25-29-30-26(35-25)27-24(34)18-21-12-6-2-7-13-21/h1-2,4-7,10-13,19H,3,8-9,14-18H2,(H,27,30,34). The van der Waals surface area contributed by atoms with E-state index in [1.54, 1.807) is 10.9 Å². The number of benzene rings is 2. The van der Waals surface area contributed by atoms with Crippen LogP contribution < -0.4 is 5.32 Å². The lowest BCUT2D eigenvalue weighted by Crippen LogP contribution is -2.14. The summed E-state index contributed by atoms with van der Waals surface area (Å²) < 4.78 is 1.74. The Morgan fingerprint density at radius 2 is 1.57 bits per heavy atom. The molecule has 9 heteroatoms. The van der Waals surface area contributed by atoms with Crippen molar-refractivity contribution in [2.24, 2.45) is 0 Å². The number of ketones is 1. The average Bonchev–Trinajstić information content (AvgIpc) is 3.53. The predicted molar refractivity (Wildman–Crippen MR) is 135 cm³/mol. The molecule has 180 valence electrons. The number of rotatable bonds is 13. The summed E-state index contributed by atoms with van der Waals surface area (Å²) in [5.74, 6) is -0.0762. The van der Waals surface area contributed by atoms with Crippen LogP contribution in [-0.4, -0.2) is 36.9 Å². The molecular weight excluding hydrogens is 460 g/mol. The van der Waals surface area contributed by atoms with Crippen molar-refractivity contribution in [2.45, 2.75) is 51.5 Å². The summed E-state index contributed by atoms with van der Waals surface area (Å²) >= 11 is 1.42. The highest BCUT2D eigenvalue weighted by Crippen LogP contribution is 2.18. The number of unbranched alkanes of at least 4 members (excludes halogenated alkanes) is 2. The van der Waals surface area contributed by atoms with Gasteiger partial charge in [-0.05, 0) is 30.4 Å². The van der Waals surface area contributed by atoms with E-state index < -0.39 is 0 Å². The number of amides is 1. The normalized spacial score (nSPS) is 10.9. The fourth-order valence-corrected chi connectivity index (χ4v) is 4.44. The van der Waals surface area contributed by atoms with E-state index >= 15 is 0 Å². The first-order valence-electron chi connectivity index (χ1n) is 11.8. The molecular formula is C26H28N6O2S. The minimum Gasteiger partial charge on any atom is -0.300 e. The molecule has 0 aliphatic carbocycles. The molecule has 0 saturated carbocycles. The summed E-state index contributed by atoms with van der Waals surface area (Å²) in [4.78, 5) is 24.5. The van der Waals surface area contributed by atoms with Gasteiger partial charge in [-0.2, -0.15) is 0 Å². The van der Waals surface area contributed by atoms with Crippen LogP contribution in [0, 0.1) is 0 Å². The minimum atomic E-state index is -0.0929. The highest BCUT2D eigenvalue weighted by atomic mass is 32.1. The van der Waals surface area contributed by atoms with E-state index in [4.69, 9.17) is 0 Å². The number of carbonyl (C=O) groups excluding carboxylic acids is 2. The molecule has 1 N–H and O–H groups in total. The minimum absolute atomic E-state index is 0.0167. The van der Waals surface area contributed by atoms with E-state index in [0.29, 0.717) is 30.1 Å². The lowest BCUT2D eigenvalue weighted by Gasteiger charge is -2.01. The van der Waals surface area contributed by atoms with Gasteiger partial charge >= 0.3 is 0 Å². The Morgan fingerprint density at radius 3 is 2.34 bits per heavy atom. The van der Waals surface area contributed by atoms with Crippen molar-refractivity contribution in [3.05, 3.63) is 88.7 Å². The lowest BCUT2D eigenvalue weighted by atomic mass is 10.1. The number of nitrogens with zero attached hydrogens (tertiary/aromatic N) is 5. The number of aromatic nitrogens is 5. The van der Waals surface area contributed by atoms with Crippen LogP contribution in [0.1, 0.15) is 52.3 Å². The summed E-state index contributed by atoms with van der Waals surface area (Å²) in [7, 11) is 0. The Hall–Kier alpha value is -3.72. The zero-order valence-electron chi connectivity index (χ0n) is 19.5. The summed E-state index contributed by atoms with van der Waals surface area (Å²) in [6.45, 7) is 0.718. The number of carbonyl (C=O) groups is 2. The number of nitrogens with one attached hydrogen (secondary N) is 1. The molecule has 0 atom stereocenters. The average molecular weight is 489 g/mol. The molecule has 1 amide bonds. The van der Waals surface area contributed by atoms with Gasteiger partial charge in [-0.3, -0.25) is 14.3 Å². The number of hydrogen-bond donors (Lipinski definition) is 1. The summed E-state index contributed by atoms with van der Waals surface area (Å²) in [5.41, 5.74) is 2.53. The molecule has 0 unspecified atom stereocenters. The maximum absolute atomic E-state index is 12.4. The zero-order valence-corrected chi connectivity index (χ0v) is 20.3. The van der Waals surface area contributed by atoms with Crippen molar-refractivity contribution in [1.82, 2.24) is 25.2 Å². The molecule has 0 bridgehead atoms. The van der Waals surface area contributed by atoms with Crippen LogP contribution in [0.3, 0.4) is 0 Å². The highest BCUT2D eigenvalue weighted by molar-refractivity contribution is 7.15. The first-order chi connectivity index (χ1) is 17.2. The zero-order chi connectivity index (χ0) is 24.3. The third-order valence-electron chi connectivity index (χ3n) is 5.51. The largest absolute Gasteiger partial charge is 0.300 e. The van der Waals surface area contributed by atoms with E-state index in [0.717, 1.165) is 48.4 Å². The smallest absolute Gasteiger partial charge is 0.230 e. The van der Waals surface area contributed by atoms with E-state index in [2.05, 4.69) is 25.8 Å². The highest BCUT2D eigenvalue weighted by Gasteiger charge is 2.12. The lowest BCUT2D eigenvalue weighted by molar-refractivity contribution is -0.115. The fraction of sp³-hybridized carbons (Fsp3) is 0.308. The molecule has 4 rings (SSSR count). The van der Waals surface area contributed by atoms with Crippen molar-refractivity contribution in [2.75, 3.05) is 5.32 Å². The second-order valence-electron chi connectivity index (χ2n) is 8.30. The molecule has 2 heterocycles. The van der Waals surface area contributed by atoms with E-state index in [9.17, 15) is 9.59 Å². The van der Waals surface area contributed by atoms with Crippen LogP contribution >= 0.6 is 11.3 Å². The van der Waals surface area contributed by atoms with Gasteiger partial charge in [-0.1, -0.05) is 83.6 Å². The SMILES string of the molecule is O=C(Cc1ccccc1)Nc1nnc(CCCCCn2cc(C(=O)CCc3ccccc3)nn2)s1. The second-order valence-corrected chi connectivity index (χ2v) is 9.36. The third kappa shape index (κ3) is 7.92. The van der Waals surface area contributed by atoms with Crippen molar-refractivity contribution < 1.29 is 9.59 Å². The van der Waals surface area contributed by atoms with E-state index in [-0.39, 0.29) is 11.7 Å². The Labute approximate surface area is 208 Å². The molecule has 4 aromatic rings. The van der Waals surface area contributed by atoms with Gasteiger partial charge in [0.15, 0.2) is 5.78 Å². The number of anilines is 1. The van der Waals surface area contributed by atoms with E-state index in [1.165, 1.54) is 11.3 Å². The topological polar surface area (TPSA) is 103 Å². The molecule has 0 fully saturated rings. The molecule has 2 aromatic carbocycles. The second kappa shape index (κ2) is 12.7. The van der Waals surface area contributed by atoms with Crippen LogP contribution in [-0.2, 0) is 30.6 Å². The van der Waals surface area contributed by atoms with Crippen LogP contribution in [0.15, 0.2) is 66.9 Å². The molecule has 0 spiro atoms. The van der Waals surface area contributed by atoms with Crippen LogP contribution in [0.4, 0.5) is 5.13 Å². The predicted octanol–water partition coefficient (Wildman–Crippen LogP) is 4.54. The van der Waals surface area contributed by atoms with Gasteiger partial charge in [-0.15, -0.1) is 15.3 Å². The maximum Gasteiger partial charge on any atom is 0.230 e. The quantitative estimate of drug-likeness (QED) is 0.219. The van der Waals surface area contributed by atoms with Gasteiger partial charge < -0.3 is 5.32 Å². The number of aryl methyl sites for hydroxylation is 3. The monoisotopic (exact) mass is 488 g/mol. The van der Waals surface area contributed by atoms with Crippen LogP contribution in [0.25, 0.3) is 0 Å². The van der Waals surface area contributed by atoms with Gasteiger partial charge in [-0.25, -0.2) is 0 Å². The van der Waals surface area contributed by atoms with Crippen LogP contribution in [0.2, 0.25) is 0 Å². The number of Topliss-reactive ketones (excluding diaryl/α,β-unsaturated/α-hetero) is 1. The molecule has 0 saturated heterocycles. The van der Waals surface area contributed by atoms with Gasteiger partial charge in [0.05, 0.1) is 12.6 Å². The fourth-order valence-electron chi connectivity index (χ4n) is 3.64. The van der Waals surface area contributed by atoms with Crippen molar-refractivity contribution in [1.29, 1.82) is 0 Å². The summed E-state index contributed by atoms with van der Waals surface area (Å²) in [6, 6.07) is 19.6. The summed E-state index contributed by atoms with van der Waals surface area (Å²) in [5, 5.41) is 20.7. The van der Waals surface area contributed by atoms with Gasteiger partial charge in [0.1, 0.15) is 10.7 Å². The molecule has 0 aliphatic heterocycles. The van der Waals surface area contributed by atoms with Crippen LogP contribution in [0.5, 0.6) is 0 Å². The van der Waals surface area contributed by atoms with Crippen molar-refractivity contribution in [3.8, 4) is 0 Å². The van der Waals surface area contributed by atoms with Crippen molar-refractivity contribution >= 4 is 28.2 Å². The Kier molecular flexibility index (Phi) is 8.83. The Balaban J connectivity index is 1.12. The maximum atomic E-state index is 12.4. The van der Waals surface area contributed by atoms with Gasteiger partial charge in [0, 0.05) is 19.4 Å². The van der Waals surface area contributed by atoms with Gasteiger partial charge in [0.2, 0.25) is 11.0 Å². The Bertz CT molecular complexity index is 1220. The third-order valence-corrected chi connectivity index (χ3v) is 6.40. The molecule has 35 heavy (non-hydrogen) atoms. The summed E-state index contributed by atoms with van der Waals surface area (Å²) in [6.07, 6.45) is 6.89. The molecule has 0 aliphatic rings.